The van der Waals surface area contributed by atoms with Gasteiger partial charge in [0.2, 0.25) is 0 Å². The molecule has 5 nitrogen and oxygen atoms in total. The number of tetrazole rings is 1. The molecule has 1 aromatic carbocycles. The lowest BCUT2D eigenvalue weighted by Gasteiger charge is -2.10. The average molecular weight is 270 g/mol. The molecular weight excluding hydrogens is 261 g/mol. The Morgan fingerprint density at radius 1 is 1.32 bits per heavy atom. The lowest BCUT2D eigenvalue weighted by atomic mass is 10.0. The van der Waals surface area contributed by atoms with Crippen LogP contribution in [0.4, 0.5) is 13.2 Å². The molecule has 0 amide bonds. The second-order valence-electron chi connectivity index (χ2n) is 3.84. The molecule has 19 heavy (non-hydrogen) atoms. The number of carbonyl (C=O) groups is 1. The van der Waals surface area contributed by atoms with E-state index in [9.17, 15) is 18.0 Å². The van der Waals surface area contributed by atoms with E-state index in [2.05, 4.69) is 15.4 Å². The minimum Gasteiger partial charge on any atom is -0.294 e. The van der Waals surface area contributed by atoms with E-state index in [0.29, 0.717) is 0 Å². The van der Waals surface area contributed by atoms with Crippen molar-refractivity contribution in [3.05, 3.63) is 41.2 Å². The van der Waals surface area contributed by atoms with Crippen LogP contribution in [-0.4, -0.2) is 26.0 Å². The van der Waals surface area contributed by atoms with Crippen LogP contribution in [-0.2, 0) is 19.6 Å². The van der Waals surface area contributed by atoms with E-state index in [1.54, 1.807) is 0 Å². The van der Waals surface area contributed by atoms with Gasteiger partial charge in [0.25, 0.3) is 0 Å². The minimum absolute atomic E-state index is 0.0875. The molecule has 0 saturated heterocycles. The zero-order chi connectivity index (χ0) is 14.0. The van der Waals surface area contributed by atoms with Crippen LogP contribution in [0.15, 0.2) is 24.3 Å². The Morgan fingerprint density at radius 2 is 2.00 bits per heavy atom. The maximum atomic E-state index is 12.8. The number of aromatic nitrogens is 4. The number of rotatable bonds is 3. The number of benzene rings is 1. The summed E-state index contributed by atoms with van der Waals surface area (Å²) in [6, 6.07) is 4.63. The van der Waals surface area contributed by atoms with Crippen LogP contribution < -0.4 is 0 Å². The van der Waals surface area contributed by atoms with Gasteiger partial charge in [0.05, 0.1) is 19.0 Å². The molecule has 0 fully saturated rings. The number of aryl methyl sites for hydroxylation is 1. The second-order valence-corrected chi connectivity index (χ2v) is 3.84. The summed E-state index contributed by atoms with van der Waals surface area (Å²) in [5.74, 6) is -0.606. The maximum absolute atomic E-state index is 12.8. The fraction of sp³-hybridized carbons (Fsp3) is 0.273. The second kappa shape index (κ2) is 4.79. The van der Waals surface area contributed by atoms with Crippen molar-refractivity contribution < 1.29 is 18.0 Å². The molecule has 0 atom stereocenters. The van der Waals surface area contributed by atoms with Crippen molar-refractivity contribution in [3.63, 3.8) is 0 Å². The molecule has 0 saturated carbocycles. The van der Waals surface area contributed by atoms with Crippen molar-refractivity contribution in [2.75, 3.05) is 0 Å². The fourth-order valence-electron chi connectivity index (χ4n) is 1.61. The van der Waals surface area contributed by atoms with Crippen LogP contribution in [0.3, 0.4) is 0 Å². The quantitative estimate of drug-likeness (QED) is 0.796. The summed E-state index contributed by atoms with van der Waals surface area (Å²) in [7, 11) is 1.50. The Kier molecular flexibility index (Phi) is 3.32. The monoisotopic (exact) mass is 270 g/mol. The van der Waals surface area contributed by atoms with Gasteiger partial charge in [0.15, 0.2) is 11.6 Å². The molecule has 0 spiro atoms. The summed E-state index contributed by atoms with van der Waals surface area (Å²) in [6.07, 6.45) is -4.89. The highest BCUT2D eigenvalue weighted by atomic mass is 19.4. The SMILES string of the molecule is Cn1nnc(CC(=O)c2ccccc2C(F)(F)F)n1. The van der Waals surface area contributed by atoms with Crippen LogP contribution >= 0.6 is 0 Å². The Bertz CT molecular complexity index is 606. The molecule has 1 aromatic heterocycles. The van der Waals surface area contributed by atoms with Crippen molar-refractivity contribution in [2.24, 2.45) is 7.05 Å². The van der Waals surface area contributed by atoms with Gasteiger partial charge in [-0.05, 0) is 11.3 Å². The van der Waals surface area contributed by atoms with E-state index < -0.39 is 17.5 Å². The summed E-state index contributed by atoms with van der Waals surface area (Å²) < 4.78 is 38.3. The van der Waals surface area contributed by atoms with Crippen molar-refractivity contribution in [3.8, 4) is 0 Å². The Hall–Kier alpha value is -2.25. The molecular formula is C11H9F3N4O. The molecule has 0 radical (unpaired) electrons. The van der Waals surface area contributed by atoms with Gasteiger partial charge in [-0.3, -0.25) is 4.79 Å². The number of hydrogen-bond acceptors (Lipinski definition) is 4. The molecule has 0 N–H and O–H groups in total. The highest BCUT2D eigenvalue weighted by molar-refractivity contribution is 5.98. The Morgan fingerprint density at radius 3 is 2.58 bits per heavy atom. The minimum atomic E-state index is -4.57. The predicted octanol–water partition coefficient (Wildman–Crippen LogP) is 1.65. The van der Waals surface area contributed by atoms with Crippen molar-refractivity contribution >= 4 is 5.78 Å². The van der Waals surface area contributed by atoms with E-state index in [1.165, 1.54) is 19.2 Å². The predicted molar refractivity (Wildman–Crippen MR) is 58.3 cm³/mol. The number of Topliss-reactive ketones (excluding diaryl/α,β-unsaturated/α-hetero) is 1. The molecule has 1 heterocycles. The van der Waals surface area contributed by atoms with E-state index in [1.807, 2.05) is 0 Å². The topological polar surface area (TPSA) is 60.7 Å². The van der Waals surface area contributed by atoms with E-state index >= 15 is 0 Å². The number of ketones is 1. The summed E-state index contributed by atoms with van der Waals surface area (Å²) in [6.45, 7) is 0. The first-order valence-electron chi connectivity index (χ1n) is 5.30. The van der Waals surface area contributed by atoms with Gasteiger partial charge in [-0.15, -0.1) is 10.2 Å². The maximum Gasteiger partial charge on any atom is 0.417 e. The molecule has 100 valence electrons. The summed E-state index contributed by atoms with van der Waals surface area (Å²) in [5, 5.41) is 10.8. The van der Waals surface area contributed by atoms with Crippen LogP contribution in [0, 0.1) is 0 Å². The third kappa shape index (κ3) is 2.95. The zero-order valence-electron chi connectivity index (χ0n) is 9.85. The molecule has 2 rings (SSSR count). The van der Waals surface area contributed by atoms with Gasteiger partial charge in [0, 0.05) is 5.56 Å². The fourth-order valence-corrected chi connectivity index (χ4v) is 1.61. The van der Waals surface area contributed by atoms with Gasteiger partial charge < -0.3 is 0 Å². The van der Waals surface area contributed by atoms with Crippen molar-refractivity contribution in [1.82, 2.24) is 20.2 Å². The zero-order valence-corrected chi connectivity index (χ0v) is 9.85. The number of hydrogen-bond donors (Lipinski definition) is 0. The average Bonchev–Trinajstić information content (AvgIpc) is 2.73. The van der Waals surface area contributed by atoms with Crippen molar-refractivity contribution in [1.29, 1.82) is 0 Å². The van der Waals surface area contributed by atoms with Gasteiger partial charge in [-0.2, -0.15) is 18.0 Å². The van der Waals surface area contributed by atoms with E-state index in [0.717, 1.165) is 16.9 Å². The summed E-state index contributed by atoms with van der Waals surface area (Å²) in [5.41, 5.74) is -1.34. The van der Waals surface area contributed by atoms with Crippen molar-refractivity contribution in [2.45, 2.75) is 12.6 Å². The number of alkyl halides is 3. The van der Waals surface area contributed by atoms with Gasteiger partial charge in [-0.25, -0.2) is 0 Å². The van der Waals surface area contributed by atoms with E-state index in [4.69, 9.17) is 0 Å². The Labute approximate surface area is 106 Å². The Balaban J connectivity index is 2.29. The van der Waals surface area contributed by atoms with Crippen LogP contribution in [0.2, 0.25) is 0 Å². The van der Waals surface area contributed by atoms with Gasteiger partial charge in [0.1, 0.15) is 0 Å². The highest BCUT2D eigenvalue weighted by Gasteiger charge is 2.34. The molecule has 0 aliphatic rings. The molecule has 2 aromatic rings. The number of nitrogens with zero attached hydrogens (tertiary/aromatic N) is 4. The standard InChI is InChI=1S/C11H9F3N4O/c1-18-16-10(15-17-18)6-9(19)7-4-2-3-5-8(7)11(12,13)14/h2-5H,6H2,1H3. The third-order valence-corrected chi connectivity index (χ3v) is 2.40. The van der Waals surface area contributed by atoms with Crippen LogP contribution in [0.25, 0.3) is 0 Å². The first-order chi connectivity index (χ1) is 8.88. The largest absolute Gasteiger partial charge is 0.417 e. The van der Waals surface area contributed by atoms with Gasteiger partial charge >= 0.3 is 6.18 Å². The highest BCUT2D eigenvalue weighted by Crippen LogP contribution is 2.32. The lowest BCUT2D eigenvalue weighted by Crippen LogP contribution is -2.15. The first-order valence-corrected chi connectivity index (χ1v) is 5.30. The molecule has 0 bridgehead atoms. The molecule has 0 aliphatic carbocycles. The van der Waals surface area contributed by atoms with Gasteiger partial charge in [-0.1, -0.05) is 18.2 Å². The molecule has 8 heteroatoms. The summed E-state index contributed by atoms with van der Waals surface area (Å²) >= 11 is 0. The smallest absolute Gasteiger partial charge is 0.294 e. The number of halogens is 3. The molecule has 0 aliphatic heterocycles. The molecule has 0 unspecified atom stereocenters. The number of carbonyl (C=O) groups excluding carboxylic acids is 1. The normalized spacial score (nSPS) is 11.6. The summed E-state index contributed by atoms with van der Waals surface area (Å²) in [4.78, 5) is 13.0. The third-order valence-electron chi connectivity index (χ3n) is 2.40. The van der Waals surface area contributed by atoms with Crippen LogP contribution in [0.5, 0.6) is 0 Å². The van der Waals surface area contributed by atoms with Crippen LogP contribution in [0.1, 0.15) is 21.7 Å². The van der Waals surface area contributed by atoms with E-state index in [-0.39, 0.29) is 17.8 Å². The first kappa shape index (κ1) is 13.2. The lowest BCUT2D eigenvalue weighted by molar-refractivity contribution is -0.137.